The van der Waals surface area contributed by atoms with E-state index in [0.29, 0.717) is 31.9 Å². The molecule has 29 heavy (non-hydrogen) atoms. The second-order valence-corrected chi connectivity index (χ2v) is 7.01. The standard InChI is InChI=1S/C22H26FN3O3/c1-17(18-7-3-2-4-8-18)24-21(27)15-29-16-22(28)26-13-11-25(12-14-26)20-10-6-5-9-19(20)23/h2-10,17H,11-16H2,1H3,(H,24,27). The molecule has 2 aromatic rings. The number of benzene rings is 2. The summed E-state index contributed by atoms with van der Waals surface area (Å²) in [6.07, 6.45) is 0. The van der Waals surface area contributed by atoms with Crippen molar-refractivity contribution >= 4 is 17.5 Å². The lowest BCUT2D eigenvalue weighted by atomic mass is 10.1. The van der Waals surface area contributed by atoms with Crippen molar-refractivity contribution in [3.63, 3.8) is 0 Å². The Labute approximate surface area is 170 Å². The first-order valence-electron chi connectivity index (χ1n) is 9.74. The zero-order valence-corrected chi connectivity index (χ0v) is 16.5. The Morgan fingerprint density at radius 2 is 1.66 bits per heavy atom. The predicted octanol–water partition coefficient (Wildman–Crippen LogP) is 2.37. The first kappa shape index (κ1) is 20.8. The molecule has 0 bridgehead atoms. The molecule has 6 nitrogen and oxygen atoms in total. The van der Waals surface area contributed by atoms with Gasteiger partial charge >= 0.3 is 0 Å². The lowest BCUT2D eigenvalue weighted by Gasteiger charge is -2.36. The molecule has 1 N–H and O–H groups in total. The number of ether oxygens (including phenoxy) is 1. The molecule has 2 aromatic carbocycles. The molecule has 1 atom stereocenters. The van der Waals surface area contributed by atoms with E-state index in [1.165, 1.54) is 6.07 Å². The number of para-hydroxylation sites is 1. The van der Waals surface area contributed by atoms with Crippen LogP contribution in [0.25, 0.3) is 0 Å². The number of piperazine rings is 1. The van der Waals surface area contributed by atoms with Gasteiger partial charge in [0.25, 0.3) is 0 Å². The van der Waals surface area contributed by atoms with Crippen LogP contribution >= 0.6 is 0 Å². The quantitative estimate of drug-likeness (QED) is 0.777. The zero-order chi connectivity index (χ0) is 20.6. The van der Waals surface area contributed by atoms with Gasteiger partial charge in [0, 0.05) is 26.2 Å². The van der Waals surface area contributed by atoms with Gasteiger partial charge in [-0.05, 0) is 24.6 Å². The van der Waals surface area contributed by atoms with Crippen LogP contribution in [0.15, 0.2) is 54.6 Å². The Hall–Kier alpha value is -2.93. The van der Waals surface area contributed by atoms with Crippen molar-refractivity contribution in [2.75, 3.05) is 44.3 Å². The van der Waals surface area contributed by atoms with Gasteiger partial charge in [-0.1, -0.05) is 42.5 Å². The topological polar surface area (TPSA) is 61.9 Å². The molecule has 1 heterocycles. The Morgan fingerprint density at radius 1 is 1.00 bits per heavy atom. The number of halogens is 1. The highest BCUT2D eigenvalue weighted by atomic mass is 19.1. The number of carbonyl (C=O) groups is 2. The Balaban J connectivity index is 1.37. The van der Waals surface area contributed by atoms with Crippen molar-refractivity contribution < 1.29 is 18.7 Å². The lowest BCUT2D eigenvalue weighted by molar-refractivity contribution is -0.138. The second kappa shape index (κ2) is 10.0. The number of amides is 2. The Kier molecular flexibility index (Phi) is 7.19. The van der Waals surface area contributed by atoms with E-state index in [9.17, 15) is 14.0 Å². The van der Waals surface area contributed by atoms with E-state index in [0.717, 1.165) is 5.56 Å². The molecule has 7 heteroatoms. The zero-order valence-electron chi connectivity index (χ0n) is 16.5. The van der Waals surface area contributed by atoms with Crippen LogP contribution in [0.4, 0.5) is 10.1 Å². The fourth-order valence-corrected chi connectivity index (χ4v) is 3.34. The molecule has 3 rings (SSSR count). The number of rotatable bonds is 7. The monoisotopic (exact) mass is 399 g/mol. The summed E-state index contributed by atoms with van der Waals surface area (Å²) in [4.78, 5) is 27.9. The van der Waals surface area contributed by atoms with Gasteiger partial charge in [0.05, 0.1) is 11.7 Å². The molecule has 0 aromatic heterocycles. The fraction of sp³-hybridized carbons (Fsp3) is 0.364. The van der Waals surface area contributed by atoms with E-state index >= 15 is 0 Å². The Morgan fingerprint density at radius 3 is 2.34 bits per heavy atom. The number of hydrogen-bond acceptors (Lipinski definition) is 4. The summed E-state index contributed by atoms with van der Waals surface area (Å²) in [6.45, 7) is 3.68. The molecule has 0 saturated carbocycles. The van der Waals surface area contributed by atoms with Gasteiger partial charge in [0.2, 0.25) is 11.8 Å². The summed E-state index contributed by atoms with van der Waals surface area (Å²) in [5.74, 6) is -0.688. The van der Waals surface area contributed by atoms with E-state index in [-0.39, 0.29) is 36.9 Å². The predicted molar refractivity (Wildman–Crippen MR) is 109 cm³/mol. The Bertz CT molecular complexity index is 823. The number of nitrogens with zero attached hydrogens (tertiary/aromatic N) is 2. The van der Waals surface area contributed by atoms with Crippen molar-refractivity contribution in [3.05, 3.63) is 66.0 Å². The fourth-order valence-electron chi connectivity index (χ4n) is 3.34. The third-order valence-electron chi connectivity index (χ3n) is 4.96. The highest BCUT2D eigenvalue weighted by molar-refractivity contribution is 5.80. The maximum atomic E-state index is 13.9. The van der Waals surface area contributed by atoms with E-state index in [1.807, 2.05) is 42.2 Å². The third kappa shape index (κ3) is 5.77. The van der Waals surface area contributed by atoms with Gasteiger partial charge in [-0.2, -0.15) is 0 Å². The van der Waals surface area contributed by atoms with Crippen LogP contribution in [0.5, 0.6) is 0 Å². The minimum absolute atomic E-state index is 0.130. The number of anilines is 1. The van der Waals surface area contributed by atoms with Gasteiger partial charge in [0.15, 0.2) is 0 Å². The first-order valence-corrected chi connectivity index (χ1v) is 9.74. The van der Waals surface area contributed by atoms with E-state index in [1.54, 1.807) is 23.1 Å². The largest absolute Gasteiger partial charge is 0.366 e. The minimum Gasteiger partial charge on any atom is -0.366 e. The lowest BCUT2D eigenvalue weighted by Crippen LogP contribution is -2.50. The smallest absolute Gasteiger partial charge is 0.248 e. The minimum atomic E-state index is -0.265. The normalized spacial score (nSPS) is 15.1. The molecule has 154 valence electrons. The highest BCUT2D eigenvalue weighted by Crippen LogP contribution is 2.20. The molecular weight excluding hydrogens is 373 g/mol. The van der Waals surface area contributed by atoms with Crippen LogP contribution < -0.4 is 10.2 Å². The number of nitrogens with one attached hydrogen (secondary N) is 1. The third-order valence-corrected chi connectivity index (χ3v) is 4.96. The van der Waals surface area contributed by atoms with Gasteiger partial charge in [-0.3, -0.25) is 9.59 Å². The molecule has 2 amide bonds. The molecule has 1 unspecified atom stereocenters. The average Bonchev–Trinajstić information content (AvgIpc) is 2.75. The van der Waals surface area contributed by atoms with E-state index in [2.05, 4.69) is 5.32 Å². The molecule has 1 saturated heterocycles. The van der Waals surface area contributed by atoms with E-state index < -0.39 is 0 Å². The molecule has 1 aliphatic rings. The van der Waals surface area contributed by atoms with Crippen LogP contribution in [0.3, 0.4) is 0 Å². The summed E-state index contributed by atoms with van der Waals surface area (Å²) < 4.78 is 19.2. The summed E-state index contributed by atoms with van der Waals surface area (Å²) in [7, 11) is 0. The summed E-state index contributed by atoms with van der Waals surface area (Å²) in [5.41, 5.74) is 1.56. The number of carbonyl (C=O) groups excluding carboxylic acids is 2. The molecule has 1 fully saturated rings. The second-order valence-electron chi connectivity index (χ2n) is 7.01. The summed E-state index contributed by atoms with van der Waals surface area (Å²) in [6, 6.07) is 16.1. The average molecular weight is 399 g/mol. The van der Waals surface area contributed by atoms with Crippen LogP contribution in [0.2, 0.25) is 0 Å². The van der Waals surface area contributed by atoms with Gasteiger partial charge in [-0.15, -0.1) is 0 Å². The molecule has 0 radical (unpaired) electrons. The van der Waals surface area contributed by atoms with E-state index in [4.69, 9.17) is 4.74 Å². The van der Waals surface area contributed by atoms with Gasteiger partial charge in [0.1, 0.15) is 19.0 Å². The van der Waals surface area contributed by atoms with Crippen LogP contribution in [0, 0.1) is 5.82 Å². The molecule has 0 aliphatic carbocycles. The molecule has 1 aliphatic heterocycles. The van der Waals surface area contributed by atoms with Crippen molar-refractivity contribution in [2.24, 2.45) is 0 Å². The number of hydrogen-bond donors (Lipinski definition) is 1. The van der Waals surface area contributed by atoms with Crippen molar-refractivity contribution in [1.29, 1.82) is 0 Å². The highest BCUT2D eigenvalue weighted by Gasteiger charge is 2.23. The first-order chi connectivity index (χ1) is 14.0. The summed E-state index contributed by atoms with van der Waals surface area (Å²) >= 11 is 0. The van der Waals surface area contributed by atoms with Crippen LogP contribution in [-0.2, 0) is 14.3 Å². The van der Waals surface area contributed by atoms with Gasteiger partial charge in [-0.25, -0.2) is 4.39 Å². The van der Waals surface area contributed by atoms with Crippen molar-refractivity contribution in [3.8, 4) is 0 Å². The summed E-state index contributed by atoms with van der Waals surface area (Å²) in [5, 5.41) is 2.85. The molecule has 0 spiro atoms. The van der Waals surface area contributed by atoms with Crippen LogP contribution in [0.1, 0.15) is 18.5 Å². The SMILES string of the molecule is CC(NC(=O)COCC(=O)N1CCN(c2ccccc2F)CC1)c1ccccc1. The maximum absolute atomic E-state index is 13.9. The van der Waals surface area contributed by atoms with Crippen molar-refractivity contribution in [2.45, 2.75) is 13.0 Å². The molecular formula is C22H26FN3O3. The maximum Gasteiger partial charge on any atom is 0.248 e. The van der Waals surface area contributed by atoms with Crippen LogP contribution in [-0.4, -0.2) is 56.1 Å². The van der Waals surface area contributed by atoms with Gasteiger partial charge < -0.3 is 19.9 Å². The van der Waals surface area contributed by atoms with Crippen molar-refractivity contribution in [1.82, 2.24) is 10.2 Å².